The molecule has 37 heavy (non-hydrogen) atoms. The Morgan fingerprint density at radius 2 is 1.78 bits per heavy atom. The monoisotopic (exact) mass is 506 g/mol. The van der Waals surface area contributed by atoms with E-state index in [2.05, 4.69) is 20.5 Å². The first kappa shape index (κ1) is 24.6. The summed E-state index contributed by atoms with van der Waals surface area (Å²) < 4.78 is 0. The summed E-state index contributed by atoms with van der Waals surface area (Å²) in [5.74, 6) is 3.10. The molecule has 4 saturated carbocycles. The van der Waals surface area contributed by atoms with Crippen molar-refractivity contribution in [2.75, 3.05) is 50.0 Å². The smallest absolute Gasteiger partial charge is 0.253 e. The number of nitrogens with zero attached hydrogens (tertiary/aromatic N) is 4. The number of piperazine rings is 1. The summed E-state index contributed by atoms with van der Waals surface area (Å²) in [7, 11) is 0. The highest BCUT2D eigenvalue weighted by molar-refractivity contribution is 5.94. The van der Waals surface area contributed by atoms with E-state index in [1.54, 1.807) is 0 Å². The number of β-amino-alcohol motifs (C(OH)–C–C–N with tert-alkyl or cyclic N) is 1. The maximum atomic E-state index is 12.9. The minimum atomic E-state index is -0.441. The second-order valence-electron chi connectivity index (χ2n) is 11.6. The normalized spacial score (nSPS) is 30.9. The van der Waals surface area contributed by atoms with E-state index in [1.165, 1.54) is 12.8 Å². The van der Waals surface area contributed by atoms with Crippen LogP contribution >= 0.6 is 0 Å². The number of carbonyl (C=O) groups is 1. The lowest BCUT2D eigenvalue weighted by Crippen LogP contribution is -2.59. The van der Waals surface area contributed by atoms with Crippen molar-refractivity contribution in [3.63, 3.8) is 0 Å². The van der Waals surface area contributed by atoms with Crippen molar-refractivity contribution >= 4 is 23.4 Å². The third-order valence-electron chi connectivity index (χ3n) is 8.98. The number of rotatable bonds is 7. The summed E-state index contributed by atoms with van der Waals surface area (Å²) in [6.45, 7) is 5.76. The maximum absolute atomic E-state index is 12.9. The van der Waals surface area contributed by atoms with E-state index in [9.17, 15) is 9.90 Å². The number of hydrogen-bond donors (Lipinski definition) is 4. The van der Waals surface area contributed by atoms with Crippen LogP contribution in [0, 0.1) is 24.7 Å². The number of carbonyl (C=O) groups excluding carboxylic acids is 1. The largest absolute Gasteiger partial charge is 0.395 e. The van der Waals surface area contributed by atoms with Gasteiger partial charge in [-0.25, -0.2) is 4.98 Å². The lowest BCUT2D eigenvalue weighted by Gasteiger charge is -2.58. The average Bonchev–Trinajstić information content (AvgIpc) is 2.88. The molecule has 2 aromatic rings. The number of aliphatic hydroxyl groups excluding tert-OH is 1. The zero-order valence-corrected chi connectivity index (χ0v) is 21.6. The zero-order chi connectivity index (χ0) is 25.6. The number of anilines is 3. The van der Waals surface area contributed by atoms with E-state index in [1.807, 2.05) is 42.3 Å². The van der Waals surface area contributed by atoms with Crippen molar-refractivity contribution in [2.45, 2.75) is 50.7 Å². The average molecular weight is 507 g/mol. The number of amides is 1. The number of aryl methyl sites for hydroxylation is 1. The van der Waals surface area contributed by atoms with E-state index in [4.69, 9.17) is 10.1 Å². The van der Waals surface area contributed by atoms with Gasteiger partial charge < -0.3 is 25.7 Å². The number of aromatic nitrogens is 2. The van der Waals surface area contributed by atoms with Crippen LogP contribution in [0.25, 0.3) is 0 Å². The molecule has 4 bridgehead atoms. The number of benzene rings is 1. The fourth-order valence-electron chi connectivity index (χ4n) is 7.35. The van der Waals surface area contributed by atoms with Gasteiger partial charge in [0.1, 0.15) is 5.82 Å². The molecule has 4 N–H and O–H groups in total. The number of nitrogens with one attached hydrogen (secondary N) is 2. The molecule has 9 heteroatoms. The third-order valence-corrected chi connectivity index (χ3v) is 8.98. The Morgan fingerprint density at radius 1 is 1.08 bits per heavy atom. The van der Waals surface area contributed by atoms with Crippen LogP contribution in [0.4, 0.5) is 17.5 Å². The molecule has 1 aliphatic heterocycles. The molecule has 0 spiro atoms. The molecule has 7 rings (SSSR count). The molecular weight excluding hydrogens is 468 g/mol. The first-order valence-electron chi connectivity index (χ1n) is 13.7. The summed E-state index contributed by atoms with van der Waals surface area (Å²) in [5.41, 5.74) is 2.06. The molecule has 2 atom stereocenters. The van der Waals surface area contributed by atoms with Gasteiger partial charge in [0.15, 0.2) is 0 Å². The van der Waals surface area contributed by atoms with Gasteiger partial charge in [0.2, 0.25) is 5.95 Å². The van der Waals surface area contributed by atoms with Crippen molar-refractivity contribution in [2.24, 2.45) is 17.8 Å². The van der Waals surface area contributed by atoms with Gasteiger partial charge in [0.05, 0.1) is 12.2 Å². The van der Waals surface area contributed by atoms with E-state index in [0.717, 1.165) is 49.4 Å². The molecule has 4 aliphatic carbocycles. The van der Waals surface area contributed by atoms with E-state index >= 15 is 0 Å². The molecule has 1 aromatic heterocycles. The van der Waals surface area contributed by atoms with Crippen LogP contribution in [0.5, 0.6) is 0 Å². The van der Waals surface area contributed by atoms with Crippen molar-refractivity contribution < 1.29 is 15.0 Å². The molecular formula is C28H38N6O3. The summed E-state index contributed by atoms with van der Waals surface area (Å²) in [6.07, 6.45) is 7.03. The van der Waals surface area contributed by atoms with Crippen LogP contribution in [-0.2, 0) is 0 Å². The predicted octanol–water partition coefficient (Wildman–Crippen LogP) is 2.63. The number of hydrogen-bond acceptors (Lipinski definition) is 8. The van der Waals surface area contributed by atoms with Gasteiger partial charge in [0.25, 0.3) is 5.91 Å². The number of aliphatic hydroxyl groups is 2. The molecule has 5 fully saturated rings. The molecule has 9 nitrogen and oxygen atoms in total. The highest BCUT2D eigenvalue weighted by Gasteiger charge is 2.54. The first-order chi connectivity index (χ1) is 17.9. The van der Waals surface area contributed by atoms with Gasteiger partial charge in [-0.05, 0) is 81.0 Å². The molecule has 1 aromatic carbocycles. The fourth-order valence-corrected chi connectivity index (χ4v) is 7.35. The van der Waals surface area contributed by atoms with Crippen molar-refractivity contribution in [3.8, 4) is 0 Å². The minimum absolute atomic E-state index is 0.0357. The summed E-state index contributed by atoms with van der Waals surface area (Å²) >= 11 is 0. The quantitative estimate of drug-likeness (QED) is 0.453. The second-order valence-corrected chi connectivity index (χ2v) is 11.6. The van der Waals surface area contributed by atoms with Gasteiger partial charge in [-0.3, -0.25) is 9.69 Å². The van der Waals surface area contributed by atoms with Crippen LogP contribution < -0.4 is 10.6 Å². The molecule has 198 valence electrons. The Morgan fingerprint density at radius 3 is 2.43 bits per heavy atom. The Bertz CT molecular complexity index is 1120. The Hall–Kier alpha value is -2.75. The molecule has 2 heterocycles. The van der Waals surface area contributed by atoms with Crippen molar-refractivity contribution in [1.82, 2.24) is 19.8 Å². The predicted molar refractivity (Wildman–Crippen MR) is 142 cm³/mol. The van der Waals surface area contributed by atoms with Crippen LogP contribution in [-0.4, -0.2) is 86.9 Å². The molecule has 1 saturated heterocycles. The van der Waals surface area contributed by atoms with Crippen molar-refractivity contribution in [3.05, 3.63) is 41.6 Å². The van der Waals surface area contributed by atoms with Gasteiger partial charge in [0, 0.05) is 61.8 Å². The highest BCUT2D eigenvalue weighted by atomic mass is 16.3. The maximum Gasteiger partial charge on any atom is 0.253 e. The molecule has 5 aliphatic rings. The lowest BCUT2D eigenvalue weighted by molar-refractivity contribution is -0.129. The van der Waals surface area contributed by atoms with Gasteiger partial charge >= 0.3 is 0 Å². The lowest BCUT2D eigenvalue weighted by atomic mass is 9.52. The van der Waals surface area contributed by atoms with Gasteiger partial charge in [-0.1, -0.05) is 0 Å². The SMILES string of the molecule is Cc1cnc(Nc2ccc(C(=O)N3CCN(CCO)CC3)cc2)nc1NC1C2CC3CC1CC(O)(C3)C2. The van der Waals surface area contributed by atoms with Gasteiger partial charge in [-0.15, -0.1) is 0 Å². The zero-order valence-electron chi connectivity index (χ0n) is 21.6. The van der Waals surface area contributed by atoms with Crippen LogP contribution in [0.1, 0.15) is 48.0 Å². The first-order valence-corrected chi connectivity index (χ1v) is 13.7. The third kappa shape index (κ3) is 5.04. The molecule has 2 unspecified atom stereocenters. The minimum Gasteiger partial charge on any atom is -0.395 e. The van der Waals surface area contributed by atoms with Crippen molar-refractivity contribution in [1.29, 1.82) is 0 Å². The summed E-state index contributed by atoms with van der Waals surface area (Å²) in [4.78, 5) is 26.2. The van der Waals surface area contributed by atoms with E-state index < -0.39 is 5.60 Å². The molecule has 0 radical (unpaired) electrons. The summed E-state index contributed by atoms with van der Waals surface area (Å²) in [5, 5.41) is 27.0. The Balaban J connectivity index is 1.09. The standard InChI is InChI=1S/C28H38N6O3/c1-18-17-29-27(32-25(18)31-24-21-12-19-13-22(24)16-28(37,14-19)15-21)30-23-4-2-20(3-5-23)26(36)34-8-6-33(7-9-34)10-11-35/h2-5,17,19,21-22,24,35,37H,6-16H2,1H3,(H2,29,30,31,32). The second kappa shape index (κ2) is 9.85. The topological polar surface area (TPSA) is 114 Å². The fraction of sp³-hybridized carbons (Fsp3) is 0.607. The van der Waals surface area contributed by atoms with Crippen LogP contribution in [0.2, 0.25) is 0 Å². The highest BCUT2D eigenvalue weighted by Crippen LogP contribution is 2.56. The van der Waals surface area contributed by atoms with Gasteiger partial charge in [-0.2, -0.15) is 4.98 Å². The Labute approximate surface area is 218 Å². The van der Waals surface area contributed by atoms with E-state index in [0.29, 0.717) is 54.9 Å². The summed E-state index contributed by atoms with van der Waals surface area (Å²) in [6, 6.07) is 7.83. The van der Waals surface area contributed by atoms with Crippen LogP contribution in [0.3, 0.4) is 0 Å². The molecule has 1 amide bonds. The van der Waals surface area contributed by atoms with E-state index in [-0.39, 0.29) is 12.5 Å². The Kier molecular flexibility index (Phi) is 6.54. The van der Waals surface area contributed by atoms with Crippen LogP contribution in [0.15, 0.2) is 30.5 Å².